The van der Waals surface area contributed by atoms with E-state index in [4.69, 9.17) is 4.74 Å². The fourth-order valence-electron chi connectivity index (χ4n) is 2.43. The quantitative estimate of drug-likeness (QED) is 0.624. The Hall–Kier alpha value is -2.21. The van der Waals surface area contributed by atoms with Crippen LogP contribution < -0.4 is 5.32 Å². The number of non-ortho nitro benzene ring substituents is 1. The van der Waals surface area contributed by atoms with E-state index in [1.54, 1.807) is 25.4 Å². The molecule has 0 aliphatic rings. The Labute approximate surface area is 123 Å². The van der Waals surface area contributed by atoms with Crippen LogP contribution in [-0.2, 0) is 4.74 Å². The number of nitrogens with zero attached hydrogens (tertiary/aromatic N) is 2. The van der Waals surface area contributed by atoms with Crippen molar-refractivity contribution in [3.8, 4) is 0 Å². The number of benzene rings is 1. The molecule has 0 saturated heterocycles. The number of hydrogen-bond donors (Lipinski definition) is 1. The summed E-state index contributed by atoms with van der Waals surface area (Å²) in [5.41, 5.74) is 0.941. The molecule has 1 heterocycles. The van der Waals surface area contributed by atoms with Crippen LogP contribution in [0.1, 0.15) is 19.8 Å². The highest BCUT2D eigenvalue weighted by molar-refractivity contribution is 5.99. The van der Waals surface area contributed by atoms with E-state index in [0.717, 1.165) is 23.9 Å². The summed E-state index contributed by atoms with van der Waals surface area (Å²) in [7, 11) is 1.67. The van der Waals surface area contributed by atoms with E-state index in [2.05, 4.69) is 17.2 Å². The summed E-state index contributed by atoms with van der Waals surface area (Å²) in [6.45, 7) is 2.71. The predicted octanol–water partition coefficient (Wildman–Crippen LogP) is 3.37. The van der Waals surface area contributed by atoms with Crippen molar-refractivity contribution in [2.45, 2.75) is 25.8 Å². The van der Waals surface area contributed by atoms with Gasteiger partial charge in [-0.1, -0.05) is 13.3 Å². The van der Waals surface area contributed by atoms with Gasteiger partial charge in [-0.25, -0.2) is 0 Å². The number of anilines is 1. The summed E-state index contributed by atoms with van der Waals surface area (Å²) in [4.78, 5) is 14.7. The second-order valence-corrected chi connectivity index (χ2v) is 4.90. The van der Waals surface area contributed by atoms with Crippen LogP contribution in [0, 0.1) is 10.1 Å². The van der Waals surface area contributed by atoms with Gasteiger partial charge in [0, 0.05) is 42.7 Å². The molecule has 2 aromatic rings. The Balaban J connectivity index is 2.40. The number of hydrogen-bond acceptors (Lipinski definition) is 5. The molecule has 0 aliphatic carbocycles. The molecule has 2 rings (SSSR count). The number of methoxy groups -OCH3 is 1. The van der Waals surface area contributed by atoms with Crippen molar-refractivity contribution in [3.63, 3.8) is 0 Å². The predicted molar refractivity (Wildman–Crippen MR) is 82.6 cm³/mol. The van der Waals surface area contributed by atoms with E-state index in [9.17, 15) is 10.1 Å². The molecule has 1 aromatic carbocycles. The fraction of sp³-hybridized carbons (Fsp3) is 0.400. The molecule has 0 bridgehead atoms. The first-order valence-corrected chi connectivity index (χ1v) is 6.94. The van der Waals surface area contributed by atoms with E-state index in [-0.39, 0.29) is 16.7 Å². The van der Waals surface area contributed by atoms with Crippen LogP contribution in [0.4, 0.5) is 11.4 Å². The third kappa shape index (κ3) is 3.46. The van der Waals surface area contributed by atoms with Gasteiger partial charge in [0.1, 0.15) is 0 Å². The third-order valence-corrected chi connectivity index (χ3v) is 3.36. The molecular formula is C15H19N3O3. The van der Waals surface area contributed by atoms with Crippen LogP contribution >= 0.6 is 0 Å². The SMILES string of the molecule is CCCC(COC)Nc1ccc([N+](=O)[O-])c2cnccc12. The van der Waals surface area contributed by atoms with Gasteiger partial charge in [0.25, 0.3) is 5.69 Å². The minimum Gasteiger partial charge on any atom is -0.383 e. The molecule has 1 aromatic heterocycles. The van der Waals surface area contributed by atoms with Crippen LogP contribution in [0.15, 0.2) is 30.6 Å². The van der Waals surface area contributed by atoms with E-state index < -0.39 is 0 Å². The van der Waals surface area contributed by atoms with Gasteiger partial charge in [-0.05, 0) is 18.6 Å². The lowest BCUT2D eigenvalue weighted by molar-refractivity contribution is -0.383. The minimum absolute atomic E-state index is 0.0717. The molecule has 21 heavy (non-hydrogen) atoms. The number of pyridine rings is 1. The zero-order valence-corrected chi connectivity index (χ0v) is 12.2. The van der Waals surface area contributed by atoms with Crippen LogP contribution in [0.3, 0.4) is 0 Å². The molecule has 0 spiro atoms. The molecule has 112 valence electrons. The Morgan fingerprint density at radius 1 is 1.38 bits per heavy atom. The maximum absolute atomic E-state index is 11.1. The first-order valence-electron chi connectivity index (χ1n) is 6.94. The van der Waals surface area contributed by atoms with E-state index in [1.807, 2.05) is 0 Å². The molecule has 1 N–H and O–H groups in total. The summed E-state index contributed by atoms with van der Waals surface area (Å²) in [5.74, 6) is 0. The molecular weight excluding hydrogens is 270 g/mol. The maximum atomic E-state index is 11.1. The standard InChI is InChI=1S/C15H19N3O3/c1-3-4-11(10-21-2)17-14-5-6-15(18(19)20)13-9-16-8-7-12(13)14/h5-9,11,17H,3-4,10H2,1-2H3. The maximum Gasteiger partial charge on any atom is 0.278 e. The fourth-order valence-corrected chi connectivity index (χ4v) is 2.43. The van der Waals surface area contributed by atoms with Crippen molar-refractivity contribution < 1.29 is 9.66 Å². The van der Waals surface area contributed by atoms with E-state index in [1.165, 1.54) is 12.3 Å². The Morgan fingerprint density at radius 3 is 2.86 bits per heavy atom. The van der Waals surface area contributed by atoms with Crippen molar-refractivity contribution in [3.05, 3.63) is 40.7 Å². The number of nitrogens with one attached hydrogen (secondary N) is 1. The number of nitro benzene ring substituents is 1. The molecule has 0 saturated carbocycles. The lowest BCUT2D eigenvalue weighted by Crippen LogP contribution is -2.24. The highest BCUT2D eigenvalue weighted by atomic mass is 16.6. The number of ether oxygens (including phenoxy) is 1. The summed E-state index contributed by atoms with van der Waals surface area (Å²) < 4.78 is 5.22. The number of rotatable bonds is 7. The largest absolute Gasteiger partial charge is 0.383 e. The number of fused-ring (bicyclic) bond motifs is 1. The lowest BCUT2D eigenvalue weighted by atomic mass is 10.1. The molecule has 6 nitrogen and oxygen atoms in total. The minimum atomic E-state index is -0.382. The first-order chi connectivity index (χ1) is 10.2. The summed E-state index contributed by atoms with van der Waals surface area (Å²) in [5, 5.41) is 15.8. The summed E-state index contributed by atoms with van der Waals surface area (Å²) >= 11 is 0. The van der Waals surface area contributed by atoms with Gasteiger partial charge in [0.15, 0.2) is 0 Å². The van der Waals surface area contributed by atoms with Crippen LogP contribution in [-0.4, -0.2) is 29.7 Å². The van der Waals surface area contributed by atoms with Gasteiger partial charge in [-0.3, -0.25) is 15.1 Å². The van der Waals surface area contributed by atoms with E-state index >= 15 is 0 Å². The highest BCUT2D eigenvalue weighted by Gasteiger charge is 2.16. The molecule has 1 unspecified atom stereocenters. The normalized spacial score (nSPS) is 12.3. The smallest absolute Gasteiger partial charge is 0.278 e. The van der Waals surface area contributed by atoms with E-state index in [0.29, 0.717) is 12.0 Å². The van der Waals surface area contributed by atoms with Crippen molar-refractivity contribution in [2.75, 3.05) is 19.0 Å². The van der Waals surface area contributed by atoms with Gasteiger partial charge in [-0.15, -0.1) is 0 Å². The Kier molecular flexibility index (Phi) is 5.05. The van der Waals surface area contributed by atoms with Crippen molar-refractivity contribution in [1.82, 2.24) is 4.98 Å². The van der Waals surface area contributed by atoms with Crippen LogP contribution in [0.2, 0.25) is 0 Å². The molecule has 1 atom stereocenters. The van der Waals surface area contributed by atoms with Crippen molar-refractivity contribution >= 4 is 22.1 Å². The monoisotopic (exact) mass is 289 g/mol. The number of aromatic nitrogens is 1. The first kappa shape index (κ1) is 15.2. The molecule has 6 heteroatoms. The third-order valence-electron chi connectivity index (χ3n) is 3.36. The average molecular weight is 289 g/mol. The van der Waals surface area contributed by atoms with Crippen molar-refractivity contribution in [2.24, 2.45) is 0 Å². The molecule has 0 aliphatic heterocycles. The second-order valence-electron chi connectivity index (χ2n) is 4.90. The topological polar surface area (TPSA) is 77.3 Å². The van der Waals surface area contributed by atoms with Gasteiger partial charge >= 0.3 is 0 Å². The zero-order valence-electron chi connectivity index (χ0n) is 12.2. The number of nitro groups is 1. The second kappa shape index (κ2) is 6.99. The van der Waals surface area contributed by atoms with Gasteiger partial charge in [0.05, 0.1) is 16.9 Å². The summed E-state index contributed by atoms with van der Waals surface area (Å²) in [6, 6.07) is 5.24. The lowest BCUT2D eigenvalue weighted by Gasteiger charge is -2.19. The van der Waals surface area contributed by atoms with Gasteiger partial charge in [-0.2, -0.15) is 0 Å². The Morgan fingerprint density at radius 2 is 2.19 bits per heavy atom. The van der Waals surface area contributed by atoms with Crippen molar-refractivity contribution in [1.29, 1.82) is 0 Å². The zero-order chi connectivity index (χ0) is 15.2. The molecule has 0 fully saturated rings. The van der Waals surface area contributed by atoms with Gasteiger partial charge in [0.2, 0.25) is 0 Å². The summed E-state index contributed by atoms with van der Waals surface area (Å²) in [6.07, 6.45) is 5.18. The van der Waals surface area contributed by atoms with Crippen LogP contribution in [0.5, 0.6) is 0 Å². The highest BCUT2D eigenvalue weighted by Crippen LogP contribution is 2.31. The van der Waals surface area contributed by atoms with Crippen LogP contribution in [0.25, 0.3) is 10.8 Å². The molecule has 0 radical (unpaired) electrons. The Bertz CT molecular complexity index is 625. The average Bonchev–Trinajstić information content (AvgIpc) is 2.47. The van der Waals surface area contributed by atoms with Gasteiger partial charge < -0.3 is 10.1 Å². The molecule has 0 amide bonds.